The Morgan fingerprint density at radius 3 is 2.74 bits per heavy atom. The Labute approximate surface area is 132 Å². The first-order valence-electron chi connectivity index (χ1n) is 7.13. The van der Waals surface area contributed by atoms with Gasteiger partial charge >= 0.3 is 6.01 Å². The number of anilines is 1. The molecule has 0 fully saturated rings. The molecule has 0 aliphatic carbocycles. The van der Waals surface area contributed by atoms with Crippen molar-refractivity contribution >= 4 is 11.9 Å². The van der Waals surface area contributed by atoms with Gasteiger partial charge in [-0.2, -0.15) is 0 Å². The number of rotatable bonds is 6. The van der Waals surface area contributed by atoms with Crippen LogP contribution in [0.5, 0.6) is 5.75 Å². The predicted octanol–water partition coefficient (Wildman–Crippen LogP) is 2.91. The molecule has 118 valence electrons. The Hall–Kier alpha value is -3.09. The van der Waals surface area contributed by atoms with Crippen LogP contribution in [0.25, 0.3) is 11.7 Å². The Morgan fingerprint density at radius 1 is 1.22 bits per heavy atom. The van der Waals surface area contributed by atoms with Gasteiger partial charge in [0, 0.05) is 0 Å². The van der Waals surface area contributed by atoms with E-state index < -0.39 is 0 Å². The number of amides is 1. The van der Waals surface area contributed by atoms with Gasteiger partial charge in [-0.1, -0.05) is 17.2 Å². The zero-order valence-corrected chi connectivity index (χ0v) is 12.5. The van der Waals surface area contributed by atoms with Gasteiger partial charge in [0.05, 0.1) is 19.3 Å². The summed E-state index contributed by atoms with van der Waals surface area (Å²) in [5, 5.41) is 10.1. The van der Waals surface area contributed by atoms with Gasteiger partial charge in [-0.05, 0) is 36.8 Å². The third-order valence-electron chi connectivity index (χ3n) is 3.00. The number of hydrogen-bond donors (Lipinski definition) is 1. The summed E-state index contributed by atoms with van der Waals surface area (Å²) in [5.41, 5.74) is 0.858. The zero-order chi connectivity index (χ0) is 16.1. The van der Waals surface area contributed by atoms with E-state index in [1.165, 1.54) is 6.26 Å². The number of nitrogens with zero attached hydrogens (tertiary/aromatic N) is 2. The summed E-state index contributed by atoms with van der Waals surface area (Å²) in [6.07, 6.45) is 1.70. The number of nitrogens with one attached hydrogen (secondary N) is 1. The van der Waals surface area contributed by atoms with Crippen molar-refractivity contribution < 1.29 is 18.4 Å². The summed E-state index contributed by atoms with van der Waals surface area (Å²) in [6.45, 7) is 2.53. The van der Waals surface area contributed by atoms with Crippen molar-refractivity contribution in [2.75, 3.05) is 11.9 Å². The molecule has 0 unspecified atom stereocenters. The molecule has 3 aromatic rings. The fourth-order valence-corrected chi connectivity index (χ4v) is 1.99. The van der Waals surface area contributed by atoms with Crippen LogP contribution >= 0.6 is 0 Å². The molecule has 2 aromatic heterocycles. The maximum absolute atomic E-state index is 12.0. The van der Waals surface area contributed by atoms with E-state index in [9.17, 15) is 4.79 Å². The molecule has 1 aromatic carbocycles. The third-order valence-corrected chi connectivity index (χ3v) is 3.00. The molecule has 23 heavy (non-hydrogen) atoms. The average Bonchev–Trinajstić information content (AvgIpc) is 3.20. The van der Waals surface area contributed by atoms with Crippen molar-refractivity contribution in [3.63, 3.8) is 0 Å². The van der Waals surface area contributed by atoms with Gasteiger partial charge in [-0.3, -0.25) is 10.1 Å². The SMILES string of the molecule is CCOc1ccc(CC(=O)Nc2nnc(-c3ccco3)o2)cc1. The highest BCUT2D eigenvalue weighted by molar-refractivity contribution is 5.90. The minimum atomic E-state index is -0.246. The van der Waals surface area contributed by atoms with Gasteiger partial charge in [0.15, 0.2) is 5.76 Å². The standard InChI is InChI=1S/C16H15N3O4/c1-2-21-12-7-5-11(6-8-12)10-14(20)17-16-19-18-15(23-16)13-4-3-9-22-13/h3-9H,2,10H2,1H3,(H,17,19,20). The molecule has 0 saturated carbocycles. The summed E-state index contributed by atoms with van der Waals surface area (Å²) in [6, 6.07) is 10.8. The molecule has 0 atom stereocenters. The molecule has 0 saturated heterocycles. The minimum absolute atomic E-state index is 0.0346. The second-order valence-electron chi connectivity index (χ2n) is 4.69. The van der Waals surface area contributed by atoms with Gasteiger partial charge in [-0.25, -0.2) is 0 Å². The smallest absolute Gasteiger partial charge is 0.322 e. The van der Waals surface area contributed by atoms with Crippen LogP contribution in [0.15, 0.2) is 51.5 Å². The normalized spacial score (nSPS) is 10.5. The van der Waals surface area contributed by atoms with Crippen LogP contribution in [0.1, 0.15) is 12.5 Å². The quantitative estimate of drug-likeness (QED) is 0.752. The van der Waals surface area contributed by atoms with Crippen molar-refractivity contribution in [2.24, 2.45) is 0 Å². The lowest BCUT2D eigenvalue weighted by Gasteiger charge is -2.04. The second kappa shape index (κ2) is 6.78. The number of benzene rings is 1. The monoisotopic (exact) mass is 313 g/mol. The van der Waals surface area contributed by atoms with E-state index in [1.807, 2.05) is 31.2 Å². The van der Waals surface area contributed by atoms with E-state index in [0.29, 0.717) is 12.4 Å². The fraction of sp³-hybridized carbons (Fsp3) is 0.188. The van der Waals surface area contributed by atoms with E-state index in [4.69, 9.17) is 13.6 Å². The number of furan rings is 1. The molecule has 7 heteroatoms. The highest BCUT2D eigenvalue weighted by Crippen LogP contribution is 2.20. The highest BCUT2D eigenvalue weighted by atomic mass is 16.5. The van der Waals surface area contributed by atoms with E-state index in [-0.39, 0.29) is 24.2 Å². The van der Waals surface area contributed by atoms with Crippen molar-refractivity contribution in [1.29, 1.82) is 0 Å². The van der Waals surface area contributed by atoms with Gasteiger partial charge in [0.1, 0.15) is 5.75 Å². The van der Waals surface area contributed by atoms with Crippen LogP contribution in [0, 0.1) is 0 Å². The predicted molar refractivity (Wildman–Crippen MR) is 81.9 cm³/mol. The van der Waals surface area contributed by atoms with Gasteiger partial charge in [-0.15, -0.1) is 5.10 Å². The van der Waals surface area contributed by atoms with Gasteiger partial charge in [0.2, 0.25) is 5.91 Å². The van der Waals surface area contributed by atoms with Crippen LogP contribution in [-0.2, 0) is 11.2 Å². The summed E-state index contributed by atoms with van der Waals surface area (Å²) in [5.74, 6) is 1.19. The lowest BCUT2D eigenvalue weighted by molar-refractivity contribution is -0.115. The van der Waals surface area contributed by atoms with Gasteiger partial charge in [0.25, 0.3) is 5.89 Å². The van der Waals surface area contributed by atoms with Crippen molar-refractivity contribution in [1.82, 2.24) is 10.2 Å². The number of ether oxygens (including phenoxy) is 1. The van der Waals surface area contributed by atoms with Crippen molar-refractivity contribution in [3.05, 3.63) is 48.2 Å². The summed E-state index contributed by atoms with van der Waals surface area (Å²) >= 11 is 0. The number of carbonyl (C=O) groups is 1. The molecule has 0 aliphatic heterocycles. The molecule has 0 aliphatic rings. The molecular weight excluding hydrogens is 298 g/mol. The first-order valence-corrected chi connectivity index (χ1v) is 7.13. The number of carbonyl (C=O) groups excluding carboxylic acids is 1. The minimum Gasteiger partial charge on any atom is -0.494 e. The maximum atomic E-state index is 12.0. The third kappa shape index (κ3) is 3.76. The first-order chi connectivity index (χ1) is 11.2. The van der Waals surface area contributed by atoms with E-state index >= 15 is 0 Å². The Morgan fingerprint density at radius 2 is 2.04 bits per heavy atom. The molecule has 1 amide bonds. The molecule has 7 nitrogen and oxygen atoms in total. The molecule has 0 radical (unpaired) electrons. The van der Waals surface area contributed by atoms with Crippen LogP contribution in [0.2, 0.25) is 0 Å². The summed E-state index contributed by atoms with van der Waals surface area (Å²) < 4.78 is 15.8. The Kier molecular flexibility index (Phi) is 4.37. The molecular formula is C16H15N3O4. The summed E-state index contributed by atoms with van der Waals surface area (Å²) in [7, 11) is 0. The zero-order valence-electron chi connectivity index (χ0n) is 12.5. The molecule has 1 N–H and O–H groups in total. The molecule has 3 rings (SSSR count). The Balaban J connectivity index is 1.59. The van der Waals surface area contributed by atoms with Gasteiger partial charge < -0.3 is 13.6 Å². The maximum Gasteiger partial charge on any atom is 0.322 e. The van der Waals surface area contributed by atoms with E-state index in [1.54, 1.807) is 12.1 Å². The van der Waals surface area contributed by atoms with Crippen LogP contribution in [0.3, 0.4) is 0 Å². The van der Waals surface area contributed by atoms with Crippen molar-refractivity contribution in [3.8, 4) is 17.4 Å². The largest absolute Gasteiger partial charge is 0.494 e. The van der Waals surface area contributed by atoms with Crippen molar-refractivity contribution in [2.45, 2.75) is 13.3 Å². The average molecular weight is 313 g/mol. The van der Waals surface area contributed by atoms with Crippen LogP contribution < -0.4 is 10.1 Å². The lowest BCUT2D eigenvalue weighted by atomic mass is 10.1. The molecule has 2 heterocycles. The molecule has 0 bridgehead atoms. The molecule has 0 spiro atoms. The number of hydrogen-bond acceptors (Lipinski definition) is 6. The highest BCUT2D eigenvalue weighted by Gasteiger charge is 2.13. The first kappa shape index (κ1) is 14.8. The lowest BCUT2D eigenvalue weighted by Crippen LogP contribution is -2.14. The Bertz CT molecular complexity index is 763. The number of aromatic nitrogens is 2. The van der Waals surface area contributed by atoms with E-state index in [0.717, 1.165) is 11.3 Å². The topological polar surface area (TPSA) is 90.4 Å². The second-order valence-corrected chi connectivity index (χ2v) is 4.69. The summed E-state index contributed by atoms with van der Waals surface area (Å²) in [4.78, 5) is 12.0. The van der Waals surface area contributed by atoms with Crippen LogP contribution in [0.4, 0.5) is 6.01 Å². The van der Waals surface area contributed by atoms with Crippen LogP contribution in [-0.4, -0.2) is 22.7 Å². The van der Waals surface area contributed by atoms with E-state index in [2.05, 4.69) is 15.5 Å². The fourth-order valence-electron chi connectivity index (χ4n) is 1.99.